The number of methoxy groups -OCH3 is 1. The topological polar surface area (TPSA) is 38.5 Å². The molecule has 4 heteroatoms. The largest absolute Gasteiger partial charge is 0.496 e. The maximum absolute atomic E-state index is 5.56. The minimum atomic E-state index is 0.331. The van der Waals surface area contributed by atoms with E-state index in [4.69, 9.17) is 22.7 Å². The minimum absolute atomic E-state index is 0.331. The lowest BCUT2D eigenvalue weighted by Gasteiger charge is -2.25. The summed E-state index contributed by atoms with van der Waals surface area (Å²) in [5.41, 5.74) is 6.73. The van der Waals surface area contributed by atoms with Gasteiger partial charge in [0.15, 0.2) is 0 Å². The van der Waals surface area contributed by atoms with Gasteiger partial charge in [-0.1, -0.05) is 30.4 Å². The van der Waals surface area contributed by atoms with E-state index in [1.807, 2.05) is 18.2 Å². The van der Waals surface area contributed by atoms with Crippen molar-refractivity contribution in [1.82, 2.24) is 4.90 Å². The van der Waals surface area contributed by atoms with Crippen LogP contribution in [0.1, 0.15) is 18.9 Å². The molecule has 0 aromatic heterocycles. The third-order valence-electron chi connectivity index (χ3n) is 2.86. The summed E-state index contributed by atoms with van der Waals surface area (Å²) in [6.07, 6.45) is 0.737. The van der Waals surface area contributed by atoms with Crippen molar-refractivity contribution in [3.63, 3.8) is 0 Å². The molecular formula is C13H20N2OS. The zero-order chi connectivity index (χ0) is 12.8. The lowest BCUT2D eigenvalue weighted by Crippen LogP contribution is -2.32. The Labute approximate surface area is 109 Å². The van der Waals surface area contributed by atoms with E-state index in [1.54, 1.807) is 7.11 Å². The third kappa shape index (κ3) is 4.32. The number of para-hydroxylation sites is 1. The van der Waals surface area contributed by atoms with Crippen LogP contribution in [0.25, 0.3) is 0 Å². The molecule has 2 N–H and O–H groups in total. The molecule has 0 fully saturated rings. The summed E-state index contributed by atoms with van der Waals surface area (Å²) in [6.45, 7) is 2.95. The molecule has 1 aromatic carbocycles. The van der Waals surface area contributed by atoms with Gasteiger partial charge in [0, 0.05) is 24.6 Å². The highest BCUT2D eigenvalue weighted by Gasteiger charge is 2.12. The number of rotatable bonds is 6. The van der Waals surface area contributed by atoms with Crippen LogP contribution in [0.15, 0.2) is 24.3 Å². The molecule has 0 heterocycles. The van der Waals surface area contributed by atoms with Crippen LogP contribution < -0.4 is 10.5 Å². The fraction of sp³-hybridized carbons (Fsp3) is 0.462. The van der Waals surface area contributed by atoms with Crippen molar-refractivity contribution in [2.75, 3.05) is 14.2 Å². The number of nitrogens with two attached hydrogens (primary N) is 1. The Kier molecular flexibility index (Phi) is 5.38. The smallest absolute Gasteiger partial charge is 0.123 e. The number of benzene rings is 1. The Hall–Kier alpha value is -1.13. The van der Waals surface area contributed by atoms with Crippen molar-refractivity contribution in [2.24, 2.45) is 5.73 Å². The van der Waals surface area contributed by atoms with Gasteiger partial charge in [-0.2, -0.15) is 0 Å². The summed E-state index contributed by atoms with van der Waals surface area (Å²) in [6, 6.07) is 8.37. The fourth-order valence-electron chi connectivity index (χ4n) is 1.71. The average molecular weight is 252 g/mol. The van der Waals surface area contributed by atoms with Gasteiger partial charge in [0.2, 0.25) is 0 Å². The van der Waals surface area contributed by atoms with Gasteiger partial charge in [-0.25, -0.2) is 0 Å². The highest BCUT2D eigenvalue weighted by atomic mass is 32.1. The SMILES string of the molecule is COc1ccccc1CN(C)C(C)CC(N)=S. The van der Waals surface area contributed by atoms with E-state index in [0.717, 1.165) is 18.7 Å². The molecule has 0 aliphatic heterocycles. The molecule has 0 saturated carbocycles. The van der Waals surface area contributed by atoms with E-state index in [0.29, 0.717) is 11.0 Å². The molecule has 17 heavy (non-hydrogen) atoms. The average Bonchev–Trinajstić information content (AvgIpc) is 2.28. The lowest BCUT2D eigenvalue weighted by molar-refractivity contribution is 0.251. The van der Waals surface area contributed by atoms with Crippen molar-refractivity contribution < 1.29 is 4.74 Å². The maximum atomic E-state index is 5.56. The Morgan fingerprint density at radius 2 is 2.12 bits per heavy atom. The monoisotopic (exact) mass is 252 g/mol. The molecule has 1 unspecified atom stereocenters. The molecule has 0 aliphatic rings. The van der Waals surface area contributed by atoms with Crippen molar-refractivity contribution in [3.05, 3.63) is 29.8 Å². The van der Waals surface area contributed by atoms with E-state index in [-0.39, 0.29) is 0 Å². The second-order valence-corrected chi connectivity index (χ2v) is 4.77. The van der Waals surface area contributed by atoms with Crippen LogP contribution in [-0.4, -0.2) is 30.1 Å². The van der Waals surface area contributed by atoms with Gasteiger partial charge < -0.3 is 10.5 Å². The standard InChI is InChI=1S/C13H20N2OS/c1-10(8-13(14)17)15(2)9-11-6-4-5-7-12(11)16-3/h4-7,10H,8-9H2,1-3H3,(H2,14,17). The summed E-state index contributed by atoms with van der Waals surface area (Å²) < 4.78 is 5.33. The highest BCUT2D eigenvalue weighted by molar-refractivity contribution is 7.80. The maximum Gasteiger partial charge on any atom is 0.123 e. The first-order chi connectivity index (χ1) is 8.04. The van der Waals surface area contributed by atoms with E-state index in [1.165, 1.54) is 5.56 Å². The van der Waals surface area contributed by atoms with E-state index >= 15 is 0 Å². The van der Waals surface area contributed by atoms with Gasteiger partial charge in [0.1, 0.15) is 5.75 Å². The molecule has 0 aliphatic carbocycles. The molecule has 1 rings (SSSR count). The molecular weight excluding hydrogens is 232 g/mol. The van der Waals surface area contributed by atoms with E-state index < -0.39 is 0 Å². The predicted molar refractivity (Wildman–Crippen MR) is 75.3 cm³/mol. The molecule has 1 aromatic rings. The summed E-state index contributed by atoms with van der Waals surface area (Å²) in [7, 11) is 3.76. The molecule has 0 bridgehead atoms. The van der Waals surface area contributed by atoms with Crippen LogP contribution in [-0.2, 0) is 6.54 Å². The van der Waals surface area contributed by atoms with E-state index in [9.17, 15) is 0 Å². The zero-order valence-corrected chi connectivity index (χ0v) is 11.5. The quantitative estimate of drug-likeness (QED) is 0.788. The Bertz CT molecular complexity index is 381. The number of nitrogens with zero attached hydrogens (tertiary/aromatic N) is 1. The van der Waals surface area contributed by atoms with Crippen LogP contribution in [0.5, 0.6) is 5.75 Å². The summed E-state index contributed by atoms with van der Waals surface area (Å²) in [4.78, 5) is 2.78. The molecule has 0 saturated heterocycles. The molecule has 3 nitrogen and oxygen atoms in total. The van der Waals surface area contributed by atoms with E-state index in [2.05, 4.69) is 24.9 Å². The molecule has 0 radical (unpaired) electrons. The number of hydrogen-bond acceptors (Lipinski definition) is 3. The highest BCUT2D eigenvalue weighted by Crippen LogP contribution is 2.19. The normalized spacial score (nSPS) is 12.5. The van der Waals surface area contributed by atoms with Gasteiger partial charge in [0.25, 0.3) is 0 Å². The van der Waals surface area contributed by atoms with Crippen molar-refractivity contribution >= 4 is 17.2 Å². The first kappa shape index (κ1) is 13.9. The second-order valence-electron chi connectivity index (χ2n) is 4.25. The minimum Gasteiger partial charge on any atom is -0.496 e. The second kappa shape index (κ2) is 6.57. The van der Waals surface area contributed by atoms with Gasteiger partial charge in [0.05, 0.1) is 12.1 Å². The van der Waals surface area contributed by atoms with Crippen molar-refractivity contribution in [3.8, 4) is 5.75 Å². The van der Waals surface area contributed by atoms with Crippen LogP contribution in [0.4, 0.5) is 0 Å². The number of hydrogen-bond donors (Lipinski definition) is 1. The number of thiocarbonyl (C=S) groups is 1. The summed E-state index contributed by atoms with van der Waals surface area (Å²) in [5.74, 6) is 0.918. The van der Waals surface area contributed by atoms with Gasteiger partial charge in [-0.15, -0.1) is 0 Å². The molecule has 0 amide bonds. The molecule has 0 spiro atoms. The van der Waals surface area contributed by atoms with Crippen LogP contribution >= 0.6 is 12.2 Å². The van der Waals surface area contributed by atoms with Crippen molar-refractivity contribution in [1.29, 1.82) is 0 Å². The first-order valence-electron chi connectivity index (χ1n) is 5.65. The Morgan fingerprint density at radius 1 is 1.47 bits per heavy atom. The first-order valence-corrected chi connectivity index (χ1v) is 6.06. The lowest BCUT2D eigenvalue weighted by atomic mass is 10.1. The Morgan fingerprint density at radius 3 is 2.71 bits per heavy atom. The Balaban J connectivity index is 2.66. The molecule has 1 atom stereocenters. The summed E-state index contributed by atoms with van der Waals surface area (Å²) in [5, 5.41) is 0. The summed E-state index contributed by atoms with van der Waals surface area (Å²) >= 11 is 4.93. The predicted octanol–water partition coefficient (Wildman–Crippen LogP) is 2.19. The van der Waals surface area contributed by atoms with Gasteiger partial charge in [-0.05, 0) is 20.0 Å². The zero-order valence-electron chi connectivity index (χ0n) is 10.6. The molecule has 94 valence electrons. The van der Waals surface area contributed by atoms with Gasteiger partial charge >= 0.3 is 0 Å². The van der Waals surface area contributed by atoms with Gasteiger partial charge in [-0.3, -0.25) is 4.90 Å². The van der Waals surface area contributed by atoms with Crippen LogP contribution in [0, 0.1) is 0 Å². The van der Waals surface area contributed by atoms with Crippen LogP contribution in [0.3, 0.4) is 0 Å². The van der Waals surface area contributed by atoms with Crippen LogP contribution in [0.2, 0.25) is 0 Å². The van der Waals surface area contributed by atoms with Crippen molar-refractivity contribution in [2.45, 2.75) is 25.9 Å². The third-order valence-corrected chi connectivity index (χ3v) is 3.03. The fourth-order valence-corrected chi connectivity index (χ4v) is 1.95. The number of ether oxygens (including phenoxy) is 1.